The zero-order valence-electron chi connectivity index (χ0n) is 11.5. The third-order valence-corrected chi connectivity index (χ3v) is 3.40. The normalized spacial score (nSPS) is 16.9. The Morgan fingerprint density at radius 1 is 1.44 bits per heavy atom. The maximum Gasteiger partial charge on any atom is 0.376 e. The van der Waals surface area contributed by atoms with Crippen LogP contribution in [-0.2, 0) is 4.74 Å². The molecular formula is C14H21NO3. The van der Waals surface area contributed by atoms with Crippen LogP contribution in [-0.4, -0.2) is 17.6 Å². The minimum absolute atomic E-state index is 0.160. The first-order valence-electron chi connectivity index (χ1n) is 6.72. The highest BCUT2D eigenvalue weighted by atomic mass is 16.5. The molecule has 0 bridgehead atoms. The molecule has 0 amide bonds. The lowest BCUT2D eigenvalue weighted by Crippen LogP contribution is -2.07. The number of carbonyl (C=O) groups excluding carboxylic acids is 1. The Balaban J connectivity index is 2.28. The molecule has 1 aliphatic rings. The van der Waals surface area contributed by atoms with Crippen molar-refractivity contribution in [1.29, 1.82) is 0 Å². The molecule has 4 nitrogen and oxygen atoms in total. The highest BCUT2D eigenvalue weighted by Gasteiger charge is 2.34. The summed E-state index contributed by atoms with van der Waals surface area (Å²) in [5.41, 5.74) is 0.718. The molecular weight excluding hydrogens is 230 g/mol. The van der Waals surface area contributed by atoms with Crippen LogP contribution in [0.25, 0.3) is 0 Å². The second kappa shape index (κ2) is 5.12. The number of aromatic nitrogens is 1. The van der Waals surface area contributed by atoms with Crippen LogP contribution < -0.4 is 0 Å². The molecule has 0 aliphatic heterocycles. The third-order valence-electron chi connectivity index (χ3n) is 3.40. The Morgan fingerprint density at radius 2 is 2.11 bits per heavy atom. The van der Waals surface area contributed by atoms with Crippen LogP contribution in [0.5, 0.6) is 0 Å². The van der Waals surface area contributed by atoms with Gasteiger partial charge in [-0.25, -0.2) is 9.78 Å². The van der Waals surface area contributed by atoms with Crippen LogP contribution in [0.3, 0.4) is 0 Å². The first kappa shape index (κ1) is 13.1. The number of hydrogen-bond acceptors (Lipinski definition) is 4. The van der Waals surface area contributed by atoms with Gasteiger partial charge in [0.05, 0.1) is 12.3 Å². The number of nitrogens with zero attached hydrogens (tertiary/aromatic N) is 1. The van der Waals surface area contributed by atoms with E-state index in [4.69, 9.17) is 9.15 Å². The fraction of sp³-hybridized carbons (Fsp3) is 0.714. The van der Waals surface area contributed by atoms with Gasteiger partial charge in [-0.2, -0.15) is 0 Å². The summed E-state index contributed by atoms with van der Waals surface area (Å²) in [6, 6.07) is 0. The highest BCUT2D eigenvalue weighted by Crippen LogP contribution is 2.42. The summed E-state index contributed by atoms with van der Waals surface area (Å²) in [6.07, 6.45) is 2.46. The number of oxazole rings is 1. The molecule has 0 N–H and O–H groups in total. The van der Waals surface area contributed by atoms with E-state index in [1.807, 2.05) is 13.8 Å². The van der Waals surface area contributed by atoms with E-state index in [0.717, 1.165) is 5.69 Å². The van der Waals surface area contributed by atoms with Gasteiger partial charge in [0.1, 0.15) is 0 Å². The molecule has 1 aromatic rings. The van der Waals surface area contributed by atoms with Crippen LogP contribution in [0.2, 0.25) is 0 Å². The van der Waals surface area contributed by atoms with Crippen molar-refractivity contribution in [3.05, 3.63) is 17.3 Å². The summed E-state index contributed by atoms with van der Waals surface area (Å²) >= 11 is 0. The van der Waals surface area contributed by atoms with Crippen LogP contribution in [0.15, 0.2) is 4.42 Å². The topological polar surface area (TPSA) is 52.3 Å². The lowest BCUT2D eigenvalue weighted by Gasteiger charge is -2.03. The summed E-state index contributed by atoms with van der Waals surface area (Å²) in [5.74, 6) is 1.69. The quantitative estimate of drug-likeness (QED) is 0.752. The fourth-order valence-corrected chi connectivity index (χ4v) is 2.08. The predicted molar refractivity (Wildman–Crippen MR) is 67.7 cm³/mol. The summed E-state index contributed by atoms with van der Waals surface area (Å²) in [7, 11) is 0. The molecule has 1 saturated carbocycles. The smallest absolute Gasteiger partial charge is 0.376 e. The molecule has 0 spiro atoms. The Morgan fingerprint density at radius 3 is 2.61 bits per heavy atom. The summed E-state index contributed by atoms with van der Waals surface area (Å²) < 4.78 is 10.7. The van der Waals surface area contributed by atoms with Crippen molar-refractivity contribution in [2.45, 2.75) is 52.4 Å². The van der Waals surface area contributed by atoms with Crippen LogP contribution in [0, 0.1) is 5.92 Å². The Kier molecular flexibility index (Phi) is 3.73. The van der Waals surface area contributed by atoms with Gasteiger partial charge in [-0.05, 0) is 31.6 Å². The van der Waals surface area contributed by atoms with E-state index in [-0.39, 0.29) is 11.7 Å². The van der Waals surface area contributed by atoms with E-state index in [0.29, 0.717) is 24.3 Å². The summed E-state index contributed by atoms with van der Waals surface area (Å²) in [5, 5.41) is 0. The van der Waals surface area contributed by atoms with E-state index < -0.39 is 5.97 Å². The van der Waals surface area contributed by atoms with Crippen LogP contribution in [0.4, 0.5) is 0 Å². The fourth-order valence-electron chi connectivity index (χ4n) is 2.08. The molecule has 0 radical (unpaired) electrons. The van der Waals surface area contributed by atoms with E-state index >= 15 is 0 Å². The number of carbonyl (C=O) groups is 1. The van der Waals surface area contributed by atoms with Gasteiger partial charge < -0.3 is 9.15 Å². The van der Waals surface area contributed by atoms with Crippen molar-refractivity contribution >= 4 is 5.97 Å². The minimum Gasteiger partial charge on any atom is -0.460 e. The second-order valence-corrected chi connectivity index (χ2v) is 5.27. The second-order valence-electron chi connectivity index (χ2n) is 5.27. The zero-order valence-corrected chi connectivity index (χ0v) is 11.5. The summed E-state index contributed by atoms with van der Waals surface area (Å²) in [4.78, 5) is 16.3. The molecule has 1 fully saturated rings. The van der Waals surface area contributed by atoms with Crippen LogP contribution in [0.1, 0.15) is 74.5 Å². The van der Waals surface area contributed by atoms with E-state index in [1.165, 1.54) is 12.8 Å². The molecule has 1 unspecified atom stereocenters. The van der Waals surface area contributed by atoms with E-state index in [9.17, 15) is 4.79 Å². The first-order chi connectivity index (χ1) is 8.54. The maximum absolute atomic E-state index is 11.8. The standard InChI is InChI=1S/C14H21NO3/c1-5-17-14(16)12-11(8(2)3)15-13(18-12)9(4)10-6-7-10/h8-10H,5-7H2,1-4H3. The lowest BCUT2D eigenvalue weighted by molar-refractivity contribution is 0.0485. The van der Waals surface area contributed by atoms with Crippen LogP contribution >= 0.6 is 0 Å². The van der Waals surface area contributed by atoms with Gasteiger partial charge in [0, 0.05) is 5.92 Å². The molecule has 0 aromatic carbocycles. The zero-order chi connectivity index (χ0) is 13.3. The molecule has 1 aromatic heterocycles. The average molecular weight is 251 g/mol. The Hall–Kier alpha value is -1.32. The van der Waals surface area contributed by atoms with Crippen molar-refractivity contribution in [2.75, 3.05) is 6.61 Å². The molecule has 2 rings (SSSR count). The largest absolute Gasteiger partial charge is 0.460 e. The van der Waals surface area contributed by atoms with Gasteiger partial charge in [-0.15, -0.1) is 0 Å². The van der Waals surface area contributed by atoms with Gasteiger partial charge in [0.2, 0.25) is 5.76 Å². The van der Waals surface area contributed by atoms with E-state index in [1.54, 1.807) is 6.92 Å². The lowest BCUT2D eigenvalue weighted by atomic mass is 10.1. The number of esters is 1. The van der Waals surface area contributed by atoms with Crippen molar-refractivity contribution in [2.24, 2.45) is 5.92 Å². The van der Waals surface area contributed by atoms with Crippen molar-refractivity contribution in [3.8, 4) is 0 Å². The van der Waals surface area contributed by atoms with E-state index in [2.05, 4.69) is 11.9 Å². The molecule has 4 heteroatoms. The first-order valence-corrected chi connectivity index (χ1v) is 6.72. The van der Waals surface area contributed by atoms with Crippen molar-refractivity contribution in [3.63, 3.8) is 0 Å². The van der Waals surface area contributed by atoms with Gasteiger partial charge in [-0.1, -0.05) is 20.8 Å². The number of rotatable bonds is 5. The molecule has 1 heterocycles. The SMILES string of the molecule is CCOC(=O)c1oc(C(C)C2CC2)nc1C(C)C. The van der Waals surface area contributed by atoms with Gasteiger partial charge in [0.15, 0.2) is 5.89 Å². The number of hydrogen-bond donors (Lipinski definition) is 0. The molecule has 1 aliphatic carbocycles. The number of ether oxygens (including phenoxy) is 1. The maximum atomic E-state index is 11.8. The Labute approximate surface area is 108 Å². The molecule has 0 saturated heterocycles. The molecule has 100 valence electrons. The molecule has 1 atom stereocenters. The van der Waals surface area contributed by atoms with Gasteiger partial charge in [-0.3, -0.25) is 0 Å². The average Bonchev–Trinajstić information content (AvgIpc) is 3.06. The van der Waals surface area contributed by atoms with Crippen molar-refractivity contribution < 1.29 is 13.9 Å². The van der Waals surface area contributed by atoms with Gasteiger partial charge >= 0.3 is 5.97 Å². The highest BCUT2D eigenvalue weighted by molar-refractivity contribution is 5.87. The summed E-state index contributed by atoms with van der Waals surface area (Å²) in [6.45, 7) is 8.27. The molecule has 18 heavy (non-hydrogen) atoms. The van der Waals surface area contributed by atoms with Crippen molar-refractivity contribution in [1.82, 2.24) is 4.98 Å². The van der Waals surface area contributed by atoms with Gasteiger partial charge in [0.25, 0.3) is 0 Å². The minimum atomic E-state index is -0.400. The Bertz CT molecular complexity index is 432. The monoisotopic (exact) mass is 251 g/mol. The predicted octanol–water partition coefficient (Wildman–Crippen LogP) is 3.49. The third kappa shape index (κ3) is 2.57.